The number of carbonyl (C=O) groups excluding carboxylic acids is 1. The number of aromatic nitrogens is 2. The number of carbonyl (C=O) groups is 1. The van der Waals surface area contributed by atoms with Gasteiger partial charge in [0.25, 0.3) is 5.91 Å². The number of ether oxygens (including phenoxy) is 3. The molecule has 1 aromatic carbocycles. The second-order valence-electron chi connectivity index (χ2n) is 7.40. The summed E-state index contributed by atoms with van der Waals surface area (Å²) in [6, 6.07) is 9.40. The van der Waals surface area contributed by atoms with E-state index in [2.05, 4.69) is 10.2 Å². The Morgan fingerprint density at radius 3 is 2.81 bits per heavy atom. The molecule has 27 heavy (non-hydrogen) atoms. The SMILES string of the molecule is COCCC1COC2(C1)CN(C(=O)c1cc(-c3ccc(OC)cc3)n[nH]1)C2. The summed E-state index contributed by atoms with van der Waals surface area (Å²) < 4.78 is 16.3. The van der Waals surface area contributed by atoms with E-state index in [0.717, 1.165) is 43.1 Å². The Kier molecular flexibility index (Phi) is 4.88. The van der Waals surface area contributed by atoms with Crippen LogP contribution in [0.15, 0.2) is 30.3 Å². The number of methoxy groups -OCH3 is 2. The standard InChI is InChI=1S/C20H25N3O4/c1-25-8-7-14-10-20(27-11-14)12-23(13-20)19(24)18-9-17(21-22-18)15-3-5-16(26-2)6-4-15/h3-6,9,14H,7-8,10-13H2,1-2H3,(H,21,22). The number of hydrogen-bond acceptors (Lipinski definition) is 5. The molecule has 2 aliphatic rings. The molecule has 3 heterocycles. The van der Waals surface area contributed by atoms with Crippen molar-refractivity contribution in [3.63, 3.8) is 0 Å². The first-order chi connectivity index (χ1) is 13.1. The summed E-state index contributed by atoms with van der Waals surface area (Å²) >= 11 is 0. The van der Waals surface area contributed by atoms with Gasteiger partial charge in [0.1, 0.15) is 17.0 Å². The number of rotatable bonds is 6. The highest BCUT2D eigenvalue weighted by Crippen LogP contribution is 2.39. The average molecular weight is 371 g/mol. The van der Waals surface area contributed by atoms with Crippen molar-refractivity contribution in [2.45, 2.75) is 18.4 Å². The van der Waals surface area contributed by atoms with Crippen LogP contribution in [0, 0.1) is 5.92 Å². The van der Waals surface area contributed by atoms with Crippen LogP contribution >= 0.6 is 0 Å². The lowest BCUT2D eigenvalue weighted by atomic mass is 9.86. The molecule has 1 aromatic heterocycles. The zero-order valence-electron chi connectivity index (χ0n) is 15.7. The number of hydrogen-bond donors (Lipinski definition) is 1. The Labute approximate surface area is 158 Å². The molecule has 1 amide bonds. The number of amides is 1. The van der Waals surface area contributed by atoms with E-state index >= 15 is 0 Å². The van der Waals surface area contributed by atoms with E-state index in [4.69, 9.17) is 14.2 Å². The van der Waals surface area contributed by atoms with E-state index in [0.29, 0.717) is 24.7 Å². The third kappa shape index (κ3) is 3.57. The molecule has 7 nitrogen and oxygen atoms in total. The lowest BCUT2D eigenvalue weighted by molar-refractivity contribution is -0.0952. The Morgan fingerprint density at radius 1 is 1.33 bits per heavy atom. The molecular formula is C20H25N3O4. The van der Waals surface area contributed by atoms with Crippen LogP contribution in [0.25, 0.3) is 11.3 Å². The summed E-state index contributed by atoms with van der Waals surface area (Å²) in [5, 5.41) is 7.15. The molecule has 2 aliphatic heterocycles. The first-order valence-electron chi connectivity index (χ1n) is 9.24. The fraction of sp³-hybridized carbons (Fsp3) is 0.500. The van der Waals surface area contributed by atoms with E-state index in [1.807, 2.05) is 29.2 Å². The van der Waals surface area contributed by atoms with E-state index in [1.165, 1.54) is 0 Å². The molecule has 1 atom stereocenters. The van der Waals surface area contributed by atoms with Crippen LogP contribution in [0.3, 0.4) is 0 Å². The molecule has 1 unspecified atom stereocenters. The molecule has 2 aromatic rings. The van der Waals surface area contributed by atoms with Gasteiger partial charge in [0.2, 0.25) is 0 Å². The smallest absolute Gasteiger partial charge is 0.272 e. The first-order valence-corrected chi connectivity index (χ1v) is 9.24. The van der Waals surface area contributed by atoms with Gasteiger partial charge >= 0.3 is 0 Å². The van der Waals surface area contributed by atoms with E-state index in [1.54, 1.807) is 20.3 Å². The molecule has 0 saturated carbocycles. The number of likely N-dealkylation sites (tertiary alicyclic amines) is 1. The van der Waals surface area contributed by atoms with Gasteiger partial charge < -0.3 is 19.1 Å². The molecule has 2 fully saturated rings. The molecule has 1 N–H and O–H groups in total. The van der Waals surface area contributed by atoms with Crippen LogP contribution in [-0.2, 0) is 9.47 Å². The highest BCUT2D eigenvalue weighted by Gasteiger charge is 2.51. The summed E-state index contributed by atoms with van der Waals surface area (Å²) in [7, 11) is 3.36. The minimum absolute atomic E-state index is 0.0307. The van der Waals surface area contributed by atoms with Crippen molar-refractivity contribution in [1.82, 2.24) is 15.1 Å². The van der Waals surface area contributed by atoms with Crippen LogP contribution in [0.2, 0.25) is 0 Å². The van der Waals surface area contributed by atoms with Gasteiger partial charge in [-0.05, 0) is 49.1 Å². The van der Waals surface area contributed by atoms with Crippen LogP contribution < -0.4 is 4.74 Å². The second kappa shape index (κ2) is 7.32. The molecule has 144 valence electrons. The monoisotopic (exact) mass is 371 g/mol. The Hall–Kier alpha value is -2.38. The molecular weight excluding hydrogens is 346 g/mol. The van der Waals surface area contributed by atoms with Crippen molar-refractivity contribution in [2.75, 3.05) is 40.5 Å². The van der Waals surface area contributed by atoms with Crippen molar-refractivity contribution < 1.29 is 19.0 Å². The van der Waals surface area contributed by atoms with Gasteiger partial charge in [-0.25, -0.2) is 0 Å². The lowest BCUT2D eigenvalue weighted by Gasteiger charge is -2.47. The maximum absolute atomic E-state index is 12.7. The first kappa shape index (κ1) is 18.0. The van der Waals surface area contributed by atoms with Gasteiger partial charge in [0.15, 0.2) is 0 Å². The largest absolute Gasteiger partial charge is 0.497 e. The molecule has 0 radical (unpaired) electrons. The third-order valence-corrected chi connectivity index (χ3v) is 5.46. The van der Waals surface area contributed by atoms with Gasteiger partial charge in [-0.15, -0.1) is 0 Å². The quantitative estimate of drug-likeness (QED) is 0.844. The highest BCUT2D eigenvalue weighted by molar-refractivity contribution is 5.94. The topological polar surface area (TPSA) is 76.7 Å². The average Bonchev–Trinajstić information content (AvgIpc) is 3.32. The molecule has 2 saturated heterocycles. The Morgan fingerprint density at radius 2 is 2.11 bits per heavy atom. The van der Waals surface area contributed by atoms with Gasteiger partial charge in [-0.1, -0.05) is 0 Å². The van der Waals surface area contributed by atoms with Crippen LogP contribution in [0.5, 0.6) is 5.75 Å². The van der Waals surface area contributed by atoms with Crippen LogP contribution in [0.4, 0.5) is 0 Å². The second-order valence-corrected chi connectivity index (χ2v) is 7.40. The minimum atomic E-state index is -0.160. The van der Waals surface area contributed by atoms with Crippen LogP contribution in [0.1, 0.15) is 23.3 Å². The summed E-state index contributed by atoms with van der Waals surface area (Å²) in [5.41, 5.74) is 2.02. The lowest BCUT2D eigenvalue weighted by Crippen LogP contribution is -2.63. The minimum Gasteiger partial charge on any atom is -0.497 e. The van der Waals surface area contributed by atoms with Crippen molar-refractivity contribution in [1.29, 1.82) is 0 Å². The molecule has 0 bridgehead atoms. The fourth-order valence-electron chi connectivity index (χ4n) is 3.93. The van der Waals surface area contributed by atoms with Gasteiger partial charge in [-0.3, -0.25) is 9.89 Å². The molecule has 1 spiro atoms. The maximum Gasteiger partial charge on any atom is 0.272 e. The van der Waals surface area contributed by atoms with Gasteiger partial charge in [0, 0.05) is 19.3 Å². The number of benzene rings is 1. The Bertz CT molecular complexity index is 796. The predicted octanol–water partition coefficient (Wildman–Crippen LogP) is 2.35. The van der Waals surface area contributed by atoms with Gasteiger partial charge in [0.05, 0.1) is 32.5 Å². The summed E-state index contributed by atoms with van der Waals surface area (Å²) in [5.74, 6) is 1.28. The van der Waals surface area contributed by atoms with E-state index in [9.17, 15) is 4.79 Å². The maximum atomic E-state index is 12.7. The predicted molar refractivity (Wildman–Crippen MR) is 99.8 cm³/mol. The third-order valence-electron chi connectivity index (χ3n) is 5.46. The van der Waals surface area contributed by atoms with Crippen molar-refractivity contribution in [3.05, 3.63) is 36.0 Å². The molecule has 4 rings (SSSR count). The van der Waals surface area contributed by atoms with Crippen molar-refractivity contribution >= 4 is 5.91 Å². The van der Waals surface area contributed by atoms with E-state index in [-0.39, 0.29) is 11.5 Å². The van der Waals surface area contributed by atoms with Gasteiger partial charge in [-0.2, -0.15) is 5.10 Å². The van der Waals surface area contributed by atoms with Crippen molar-refractivity contribution in [2.24, 2.45) is 5.92 Å². The summed E-state index contributed by atoms with van der Waals surface area (Å²) in [6.45, 7) is 2.81. The number of nitrogens with zero attached hydrogens (tertiary/aromatic N) is 2. The number of aromatic amines is 1. The van der Waals surface area contributed by atoms with E-state index < -0.39 is 0 Å². The normalized spacial score (nSPS) is 20.7. The summed E-state index contributed by atoms with van der Waals surface area (Å²) in [4.78, 5) is 14.5. The van der Waals surface area contributed by atoms with Crippen LogP contribution in [-0.4, -0.2) is 67.1 Å². The molecule has 7 heteroatoms. The molecule has 0 aliphatic carbocycles. The zero-order valence-corrected chi connectivity index (χ0v) is 15.7. The number of H-pyrrole nitrogens is 1. The zero-order chi connectivity index (χ0) is 18.9. The highest BCUT2D eigenvalue weighted by atomic mass is 16.5. The number of nitrogens with one attached hydrogen (secondary N) is 1. The fourth-order valence-corrected chi connectivity index (χ4v) is 3.93. The Balaban J connectivity index is 1.35. The summed E-state index contributed by atoms with van der Waals surface area (Å²) in [6.07, 6.45) is 2.01. The van der Waals surface area contributed by atoms with Crippen molar-refractivity contribution in [3.8, 4) is 17.0 Å².